The summed E-state index contributed by atoms with van der Waals surface area (Å²) in [6.45, 7) is 0.0417. The Morgan fingerprint density at radius 2 is 1.74 bits per heavy atom. The molecule has 39 heavy (non-hydrogen) atoms. The summed E-state index contributed by atoms with van der Waals surface area (Å²) >= 11 is 0. The first-order valence-corrected chi connectivity index (χ1v) is 13.3. The number of aromatic hydroxyl groups is 1. The lowest BCUT2D eigenvalue weighted by atomic mass is 9.94. The number of carbonyl (C=O) groups is 2. The summed E-state index contributed by atoms with van der Waals surface area (Å²) in [5, 5.41) is 21.5. The Labute approximate surface area is 227 Å². The van der Waals surface area contributed by atoms with Crippen molar-refractivity contribution >= 4 is 22.8 Å². The fraction of sp³-hybridized carbons (Fsp3) is 0.333. The Kier molecular flexibility index (Phi) is 8.05. The maximum atomic E-state index is 14.1. The van der Waals surface area contributed by atoms with Crippen LogP contribution in [0.25, 0.3) is 11.0 Å². The monoisotopic (exact) mass is 527 g/mol. The highest BCUT2D eigenvalue weighted by Crippen LogP contribution is 2.29. The molecule has 1 unspecified atom stereocenters. The van der Waals surface area contributed by atoms with Crippen molar-refractivity contribution in [1.82, 2.24) is 25.2 Å². The number of nitrogens with one attached hydrogen (secondary N) is 1. The van der Waals surface area contributed by atoms with Gasteiger partial charge in [-0.05, 0) is 48.7 Å². The van der Waals surface area contributed by atoms with Gasteiger partial charge in [-0.15, -0.1) is 5.10 Å². The van der Waals surface area contributed by atoms with Gasteiger partial charge in [0.2, 0.25) is 11.8 Å². The predicted molar refractivity (Wildman–Crippen MR) is 147 cm³/mol. The highest BCUT2D eigenvalue weighted by molar-refractivity contribution is 5.89. The molecule has 0 radical (unpaired) electrons. The highest BCUT2D eigenvalue weighted by atomic mass is 16.5. The van der Waals surface area contributed by atoms with E-state index in [2.05, 4.69) is 15.6 Å². The Balaban J connectivity index is 1.54. The van der Waals surface area contributed by atoms with E-state index in [9.17, 15) is 14.7 Å². The van der Waals surface area contributed by atoms with Crippen molar-refractivity contribution in [2.45, 2.75) is 57.3 Å². The average Bonchev–Trinajstić information content (AvgIpc) is 3.37. The van der Waals surface area contributed by atoms with Crippen LogP contribution in [0.2, 0.25) is 0 Å². The van der Waals surface area contributed by atoms with Gasteiger partial charge in [0, 0.05) is 11.6 Å². The Bertz CT molecular complexity index is 1430. The predicted octanol–water partition coefficient (Wildman–Crippen LogP) is 4.36. The van der Waals surface area contributed by atoms with Gasteiger partial charge in [0.1, 0.15) is 29.6 Å². The Hall–Kier alpha value is -4.40. The van der Waals surface area contributed by atoms with Crippen LogP contribution in [0.15, 0.2) is 72.8 Å². The Morgan fingerprint density at radius 1 is 1.03 bits per heavy atom. The zero-order chi connectivity index (χ0) is 27.2. The molecule has 202 valence electrons. The molecule has 1 heterocycles. The molecule has 4 aromatic rings. The summed E-state index contributed by atoms with van der Waals surface area (Å²) in [6, 6.07) is 20.5. The lowest BCUT2D eigenvalue weighted by Crippen LogP contribution is -2.47. The van der Waals surface area contributed by atoms with Crippen LogP contribution in [0, 0.1) is 0 Å². The lowest BCUT2D eigenvalue weighted by molar-refractivity contribution is -0.142. The first-order chi connectivity index (χ1) is 19.0. The molecule has 1 atom stereocenters. The molecule has 9 nitrogen and oxygen atoms in total. The number of para-hydroxylation sites is 2. The molecule has 3 aromatic carbocycles. The molecule has 2 N–H and O–H groups in total. The molecule has 0 bridgehead atoms. The van der Waals surface area contributed by atoms with Crippen LogP contribution < -0.4 is 10.1 Å². The highest BCUT2D eigenvalue weighted by Gasteiger charge is 2.34. The molecule has 0 saturated heterocycles. The molecule has 1 saturated carbocycles. The number of phenolic OH excluding ortho intramolecular Hbond substituents is 1. The van der Waals surface area contributed by atoms with Crippen LogP contribution in [0.1, 0.15) is 49.3 Å². The fourth-order valence-corrected chi connectivity index (χ4v) is 5.25. The molecule has 9 heteroatoms. The summed E-state index contributed by atoms with van der Waals surface area (Å²) < 4.78 is 7.13. The topological polar surface area (TPSA) is 110 Å². The molecule has 2 amide bonds. The molecule has 1 aromatic heterocycles. The van der Waals surface area contributed by atoms with Crippen LogP contribution in [0.4, 0.5) is 0 Å². The van der Waals surface area contributed by atoms with E-state index in [1.807, 2.05) is 48.5 Å². The van der Waals surface area contributed by atoms with Crippen molar-refractivity contribution in [3.05, 3.63) is 83.9 Å². The first kappa shape index (κ1) is 26.2. The SMILES string of the molecule is COc1ccccc1CN(C(=O)Cn1nnc2ccccc21)C(C(=O)NC1CCCCC1)c1ccc(O)cc1. The van der Waals surface area contributed by atoms with Gasteiger partial charge < -0.3 is 20.1 Å². The Morgan fingerprint density at radius 3 is 2.51 bits per heavy atom. The van der Waals surface area contributed by atoms with E-state index in [1.165, 1.54) is 12.1 Å². The molecule has 5 rings (SSSR count). The largest absolute Gasteiger partial charge is 0.508 e. The second-order valence-corrected chi connectivity index (χ2v) is 9.91. The standard InChI is InChI=1S/C30H33N5O4/c1-39-27-14-8-5-9-22(27)19-34(28(37)20-35-26-13-7-6-12-25(26)32-33-35)29(21-15-17-24(36)18-16-21)30(38)31-23-10-3-2-4-11-23/h5-9,12-18,23,29,36H,2-4,10-11,19-20H2,1H3,(H,31,38). The number of methoxy groups -OCH3 is 1. The molecular formula is C30H33N5O4. The van der Waals surface area contributed by atoms with Crippen molar-refractivity contribution in [2.24, 2.45) is 0 Å². The van der Waals surface area contributed by atoms with Crippen LogP contribution >= 0.6 is 0 Å². The van der Waals surface area contributed by atoms with Crippen molar-refractivity contribution < 1.29 is 19.4 Å². The van der Waals surface area contributed by atoms with Crippen LogP contribution in [-0.4, -0.2) is 50.0 Å². The van der Waals surface area contributed by atoms with E-state index in [4.69, 9.17) is 4.74 Å². The minimum atomic E-state index is -0.931. The second kappa shape index (κ2) is 12.0. The number of aromatic nitrogens is 3. The minimum Gasteiger partial charge on any atom is -0.508 e. The summed E-state index contributed by atoms with van der Waals surface area (Å²) in [4.78, 5) is 29.6. The summed E-state index contributed by atoms with van der Waals surface area (Å²) in [5.74, 6) is 0.160. The van der Waals surface area contributed by atoms with Crippen molar-refractivity contribution in [2.75, 3.05) is 7.11 Å². The lowest BCUT2D eigenvalue weighted by Gasteiger charge is -2.34. The van der Waals surface area contributed by atoms with E-state index >= 15 is 0 Å². The number of amides is 2. The maximum Gasteiger partial charge on any atom is 0.247 e. The van der Waals surface area contributed by atoms with Gasteiger partial charge in [-0.1, -0.05) is 66.9 Å². The van der Waals surface area contributed by atoms with E-state index in [1.54, 1.807) is 28.8 Å². The van der Waals surface area contributed by atoms with E-state index < -0.39 is 6.04 Å². The number of phenols is 1. The summed E-state index contributed by atoms with van der Waals surface area (Å²) in [7, 11) is 1.58. The van der Waals surface area contributed by atoms with Gasteiger partial charge in [-0.25, -0.2) is 4.68 Å². The number of hydrogen-bond donors (Lipinski definition) is 2. The van der Waals surface area contributed by atoms with Gasteiger partial charge in [0.15, 0.2) is 0 Å². The zero-order valence-electron chi connectivity index (χ0n) is 22.0. The number of hydrogen-bond acceptors (Lipinski definition) is 6. The van der Waals surface area contributed by atoms with Crippen molar-refractivity contribution in [3.63, 3.8) is 0 Å². The third-order valence-electron chi connectivity index (χ3n) is 7.28. The van der Waals surface area contributed by atoms with Crippen LogP contribution in [0.3, 0.4) is 0 Å². The quantitative estimate of drug-likeness (QED) is 0.335. The van der Waals surface area contributed by atoms with Gasteiger partial charge >= 0.3 is 0 Å². The van der Waals surface area contributed by atoms with E-state index in [0.717, 1.165) is 43.2 Å². The molecule has 1 aliphatic rings. The molecular weight excluding hydrogens is 494 g/mol. The third kappa shape index (κ3) is 6.03. The van der Waals surface area contributed by atoms with Gasteiger partial charge in [-0.3, -0.25) is 9.59 Å². The first-order valence-electron chi connectivity index (χ1n) is 13.3. The number of rotatable bonds is 9. The zero-order valence-corrected chi connectivity index (χ0v) is 22.0. The average molecular weight is 528 g/mol. The molecule has 0 spiro atoms. The number of fused-ring (bicyclic) bond motifs is 1. The number of ether oxygens (including phenoxy) is 1. The van der Waals surface area contributed by atoms with Gasteiger partial charge in [-0.2, -0.15) is 0 Å². The van der Waals surface area contributed by atoms with Crippen LogP contribution in [-0.2, 0) is 22.7 Å². The van der Waals surface area contributed by atoms with Gasteiger partial charge in [0.05, 0.1) is 19.2 Å². The molecule has 1 aliphatic carbocycles. The fourth-order valence-electron chi connectivity index (χ4n) is 5.25. The molecule has 0 aliphatic heterocycles. The van der Waals surface area contributed by atoms with E-state index in [0.29, 0.717) is 16.8 Å². The number of benzene rings is 3. The number of nitrogens with zero attached hydrogens (tertiary/aromatic N) is 4. The van der Waals surface area contributed by atoms with Gasteiger partial charge in [0.25, 0.3) is 0 Å². The van der Waals surface area contributed by atoms with Crippen molar-refractivity contribution in [3.8, 4) is 11.5 Å². The normalized spacial score (nSPS) is 14.6. The van der Waals surface area contributed by atoms with E-state index in [-0.39, 0.29) is 36.7 Å². The third-order valence-corrected chi connectivity index (χ3v) is 7.28. The summed E-state index contributed by atoms with van der Waals surface area (Å²) in [6.07, 6.45) is 5.13. The smallest absolute Gasteiger partial charge is 0.247 e. The molecule has 1 fully saturated rings. The number of carbonyl (C=O) groups excluding carboxylic acids is 2. The summed E-state index contributed by atoms with van der Waals surface area (Å²) in [5.41, 5.74) is 2.79. The minimum absolute atomic E-state index is 0.0633. The second-order valence-electron chi connectivity index (χ2n) is 9.91. The van der Waals surface area contributed by atoms with Crippen molar-refractivity contribution in [1.29, 1.82) is 0 Å². The maximum absolute atomic E-state index is 14.1. The van der Waals surface area contributed by atoms with Crippen LogP contribution in [0.5, 0.6) is 11.5 Å².